The van der Waals surface area contributed by atoms with Crippen molar-refractivity contribution < 1.29 is 17.9 Å². The number of methoxy groups -OCH3 is 1. The van der Waals surface area contributed by atoms with Crippen LogP contribution in [0.25, 0.3) is 0 Å². The van der Waals surface area contributed by atoms with Crippen molar-refractivity contribution in [1.82, 2.24) is 9.21 Å². The number of sulfonamides is 1. The van der Waals surface area contributed by atoms with Gasteiger partial charge in [0.05, 0.1) is 18.2 Å². The summed E-state index contributed by atoms with van der Waals surface area (Å²) in [5.41, 5.74) is 1.10. The largest absolute Gasteiger partial charge is 0.497 e. The maximum absolute atomic E-state index is 13.3. The van der Waals surface area contributed by atoms with Gasteiger partial charge >= 0.3 is 0 Å². The zero-order chi connectivity index (χ0) is 22.9. The lowest BCUT2D eigenvalue weighted by Crippen LogP contribution is -2.44. The van der Waals surface area contributed by atoms with Crippen LogP contribution in [-0.2, 0) is 14.8 Å². The van der Waals surface area contributed by atoms with Crippen LogP contribution in [0.15, 0.2) is 47.4 Å². The molecular formula is C23H26Cl2N2O4S. The third kappa shape index (κ3) is 4.62. The van der Waals surface area contributed by atoms with Gasteiger partial charge in [-0.25, -0.2) is 8.42 Å². The van der Waals surface area contributed by atoms with Crippen molar-refractivity contribution >= 4 is 39.1 Å². The molecule has 172 valence electrons. The molecule has 0 N–H and O–H groups in total. The minimum absolute atomic E-state index is 0.00977. The molecule has 1 unspecified atom stereocenters. The first-order chi connectivity index (χ1) is 15.3. The van der Waals surface area contributed by atoms with Gasteiger partial charge in [-0.15, -0.1) is 0 Å². The molecule has 0 aliphatic carbocycles. The van der Waals surface area contributed by atoms with Crippen molar-refractivity contribution in [2.24, 2.45) is 5.92 Å². The number of hydrogen-bond acceptors (Lipinski definition) is 4. The number of carbonyl (C=O) groups excluding carboxylic acids is 1. The highest BCUT2D eigenvalue weighted by Gasteiger charge is 2.38. The molecule has 2 aliphatic rings. The smallest absolute Gasteiger partial charge is 0.244 e. The fourth-order valence-corrected chi connectivity index (χ4v) is 6.80. The predicted octanol–water partition coefficient (Wildman–Crippen LogP) is 4.77. The number of likely N-dealkylation sites (tertiary alicyclic amines) is 1. The van der Waals surface area contributed by atoms with Gasteiger partial charge in [0.1, 0.15) is 10.6 Å². The van der Waals surface area contributed by atoms with Crippen molar-refractivity contribution in [2.45, 2.75) is 36.6 Å². The molecule has 1 amide bonds. The Kier molecular flexibility index (Phi) is 7.00. The Hall–Kier alpha value is -1.80. The maximum atomic E-state index is 13.3. The molecule has 0 bridgehead atoms. The Morgan fingerprint density at radius 3 is 2.34 bits per heavy atom. The van der Waals surface area contributed by atoms with E-state index in [1.807, 2.05) is 29.2 Å². The summed E-state index contributed by atoms with van der Waals surface area (Å²) in [6, 6.07) is 12.3. The summed E-state index contributed by atoms with van der Waals surface area (Å²) in [5, 5.41) is 0.462. The Labute approximate surface area is 199 Å². The van der Waals surface area contributed by atoms with Crippen molar-refractivity contribution in [2.75, 3.05) is 26.7 Å². The van der Waals surface area contributed by atoms with Gasteiger partial charge in [0, 0.05) is 30.6 Å². The second kappa shape index (κ2) is 9.59. The van der Waals surface area contributed by atoms with Crippen LogP contribution in [0.1, 0.15) is 37.3 Å². The number of nitrogens with zero attached hydrogens (tertiary/aromatic N) is 2. The third-order valence-electron chi connectivity index (χ3n) is 6.35. The molecule has 2 aromatic carbocycles. The normalized spacial score (nSPS) is 20.5. The maximum Gasteiger partial charge on any atom is 0.244 e. The van der Waals surface area contributed by atoms with E-state index in [1.165, 1.54) is 16.4 Å². The van der Waals surface area contributed by atoms with Gasteiger partial charge in [0.15, 0.2) is 0 Å². The van der Waals surface area contributed by atoms with Gasteiger partial charge in [0.25, 0.3) is 0 Å². The molecule has 9 heteroatoms. The molecular weight excluding hydrogens is 471 g/mol. The number of piperidine rings is 1. The van der Waals surface area contributed by atoms with Gasteiger partial charge in [0.2, 0.25) is 15.9 Å². The van der Waals surface area contributed by atoms with Crippen molar-refractivity contribution in [3.63, 3.8) is 0 Å². The first kappa shape index (κ1) is 23.4. The molecule has 0 aromatic heterocycles. The highest BCUT2D eigenvalue weighted by molar-refractivity contribution is 7.89. The number of amides is 1. The molecule has 1 atom stereocenters. The summed E-state index contributed by atoms with van der Waals surface area (Å²) in [4.78, 5) is 15.3. The molecule has 6 nitrogen and oxygen atoms in total. The van der Waals surface area contributed by atoms with Crippen molar-refractivity contribution in [3.8, 4) is 5.75 Å². The Balaban J connectivity index is 1.43. The summed E-state index contributed by atoms with van der Waals surface area (Å²) >= 11 is 12.1. The first-order valence-corrected chi connectivity index (χ1v) is 12.9. The second-order valence-corrected chi connectivity index (χ2v) is 11.0. The van der Waals surface area contributed by atoms with E-state index >= 15 is 0 Å². The van der Waals surface area contributed by atoms with Crippen LogP contribution in [0.3, 0.4) is 0 Å². The molecule has 2 fully saturated rings. The van der Waals surface area contributed by atoms with Crippen LogP contribution in [-0.4, -0.2) is 50.3 Å². The Bertz CT molecular complexity index is 1080. The summed E-state index contributed by atoms with van der Waals surface area (Å²) in [5.74, 6) is 0.717. The van der Waals surface area contributed by atoms with Gasteiger partial charge in [-0.3, -0.25) is 4.79 Å². The molecule has 0 spiro atoms. The van der Waals surface area contributed by atoms with Gasteiger partial charge in [-0.05, 0) is 61.6 Å². The molecule has 0 radical (unpaired) electrons. The monoisotopic (exact) mass is 496 g/mol. The number of ether oxygens (including phenoxy) is 1. The average Bonchev–Trinajstić information content (AvgIpc) is 3.30. The minimum Gasteiger partial charge on any atom is -0.497 e. The minimum atomic E-state index is -3.76. The molecule has 2 heterocycles. The third-order valence-corrected chi connectivity index (χ3v) is 8.97. The van der Waals surface area contributed by atoms with Crippen molar-refractivity contribution in [3.05, 3.63) is 58.1 Å². The Morgan fingerprint density at radius 2 is 1.69 bits per heavy atom. The quantitative estimate of drug-likeness (QED) is 0.597. The molecule has 2 aliphatic heterocycles. The van der Waals surface area contributed by atoms with Crippen LogP contribution in [0.4, 0.5) is 0 Å². The molecule has 2 saturated heterocycles. The summed E-state index contributed by atoms with van der Waals surface area (Å²) in [7, 11) is -2.13. The van der Waals surface area contributed by atoms with E-state index < -0.39 is 10.0 Å². The van der Waals surface area contributed by atoms with Crippen LogP contribution in [0.2, 0.25) is 10.0 Å². The summed E-state index contributed by atoms with van der Waals surface area (Å²) in [6.07, 6.45) is 2.87. The fraction of sp³-hybridized carbons (Fsp3) is 0.435. The molecule has 2 aromatic rings. The molecule has 32 heavy (non-hydrogen) atoms. The van der Waals surface area contributed by atoms with Crippen molar-refractivity contribution in [1.29, 1.82) is 0 Å². The van der Waals surface area contributed by atoms with E-state index in [0.29, 0.717) is 17.9 Å². The van der Waals surface area contributed by atoms with Crippen LogP contribution in [0.5, 0.6) is 5.75 Å². The average molecular weight is 497 g/mol. The van der Waals surface area contributed by atoms with Gasteiger partial charge in [-0.1, -0.05) is 35.3 Å². The van der Waals surface area contributed by atoms with Crippen LogP contribution < -0.4 is 4.74 Å². The van der Waals surface area contributed by atoms with E-state index in [-0.39, 0.29) is 40.9 Å². The van der Waals surface area contributed by atoms with Crippen LogP contribution in [0, 0.1) is 5.92 Å². The van der Waals surface area contributed by atoms with E-state index in [4.69, 9.17) is 27.9 Å². The number of halogens is 2. The lowest BCUT2D eigenvalue weighted by molar-refractivity contribution is -0.137. The SMILES string of the molecule is COc1ccc(C2CCCN2C(=O)C2CCN(S(=O)(=O)c3cc(Cl)ccc3Cl)CC2)cc1. The van der Waals surface area contributed by atoms with E-state index in [2.05, 4.69) is 0 Å². The van der Waals surface area contributed by atoms with E-state index in [0.717, 1.165) is 30.7 Å². The lowest BCUT2D eigenvalue weighted by Gasteiger charge is -2.34. The summed E-state index contributed by atoms with van der Waals surface area (Å²) in [6.45, 7) is 1.29. The highest BCUT2D eigenvalue weighted by Crippen LogP contribution is 2.36. The lowest BCUT2D eigenvalue weighted by atomic mass is 9.95. The number of benzene rings is 2. The van der Waals surface area contributed by atoms with Gasteiger partial charge < -0.3 is 9.64 Å². The first-order valence-electron chi connectivity index (χ1n) is 10.7. The molecule has 4 rings (SSSR count). The Morgan fingerprint density at radius 1 is 1.00 bits per heavy atom. The standard InChI is InChI=1S/C23H26Cl2N2O4S/c1-31-19-7-4-16(5-8-19)21-3-2-12-27(21)23(28)17-10-13-26(14-11-17)32(29,30)22-15-18(24)6-9-20(22)25/h4-9,15,17,21H,2-3,10-14H2,1H3. The molecule has 0 saturated carbocycles. The zero-order valence-corrected chi connectivity index (χ0v) is 20.2. The van der Waals surface area contributed by atoms with E-state index in [9.17, 15) is 13.2 Å². The second-order valence-electron chi connectivity index (χ2n) is 8.22. The number of hydrogen-bond donors (Lipinski definition) is 0. The number of carbonyl (C=O) groups is 1. The predicted molar refractivity (Wildman–Crippen MR) is 125 cm³/mol. The van der Waals surface area contributed by atoms with Gasteiger partial charge in [-0.2, -0.15) is 4.31 Å². The number of rotatable bonds is 5. The van der Waals surface area contributed by atoms with E-state index in [1.54, 1.807) is 13.2 Å². The van der Waals surface area contributed by atoms with Crippen LogP contribution >= 0.6 is 23.2 Å². The fourth-order valence-electron chi connectivity index (χ4n) is 4.59. The highest BCUT2D eigenvalue weighted by atomic mass is 35.5. The topological polar surface area (TPSA) is 66.9 Å². The zero-order valence-electron chi connectivity index (χ0n) is 17.8. The summed E-state index contributed by atoms with van der Waals surface area (Å²) < 4.78 is 32.8.